The van der Waals surface area contributed by atoms with Gasteiger partial charge >= 0.3 is 11.9 Å². The van der Waals surface area contributed by atoms with E-state index >= 15 is 0 Å². The number of aliphatic hydroxyl groups excluding tert-OH is 1. The average molecular weight is 687 g/mol. The van der Waals surface area contributed by atoms with Gasteiger partial charge in [0.2, 0.25) is 5.89 Å². The van der Waals surface area contributed by atoms with E-state index in [0.717, 1.165) is 45.3 Å². The van der Waals surface area contributed by atoms with Crippen LogP contribution in [-0.4, -0.2) is 73.9 Å². The van der Waals surface area contributed by atoms with E-state index in [1.165, 1.54) is 20.5 Å². The predicted octanol–water partition coefficient (Wildman–Crippen LogP) is 4.87. The highest BCUT2D eigenvalue weighted by atomic mass is 16.5. The number of fused-ring (bicyclic) bond motifs is 2. The highest BCUT2D eigenvalue weighted by molar-refractivity contribution is 5.96. The second-order valence-electron chi connectivity index (χ2n) is 11.4. The largest absolute Gasteiger partial charge is 0.467 e. The van der Waals surface area contributed by atoms with Crippen molar-refractivity contribution in [2.24, 2.45) is 0 Å². The van der Waals surface area contributed by atoms with Crippen molar-refractivity contribution in [3.8, 4) is 11.5 Å². The molecule has 0 aliphatic rings. The van der Waals surface area contributed by atoms with E-state index in [9.17, 15) is 19.5 Å². The van der Waals surface area contributed by atoms with Gasteiger partial charge in [0.05, 0.1) is 55.5 Å². The molecule has 0 saturated carbocycles. The number of imidazole rings is 2. The summed E-state index contributed by atoms with van der Waals surface area (Å²) >= 11 is 0. The number of oxazole rings is 1. The average Bonchev–Trinajstić information content (AvgIpc) is 3.94. The molecule has 2 N–H and O–H groups in total. The summed E-state index contributed by atoms with van der Waals surface area (Å²) in [5, 5.41) is 11.6. The zero-order valence-electron chi connectivity index (χ0n) is 27.8. The van der Waals surface area contributed by atoms with Crippen LogP contribution in [0.1, 0.15) is 32.0 Å². The Morgan fingerprint density at radius 1 is 0.765 bits per heavy atom. The fourth-order valence-corrected chi connectivity index (χ4v) is 5.35. The van der Waals surface area contributed by atoms with Gasteiger partial charge in [0.15, 0.2) is 11.7 Å². The number of para-hydroxylation sites is 4. The van der Waals surface area contributed by atoms with Crippen molar-refractivity contribution in [2.75, 3.05) is 20.8 Å². The van der Waals surface area contributed by atoms with E-state index in [0.29, 0.717) is 18.0 Å². The Balaban J connectivity index is 0.000000176. The lowest BCUT2D eigenvalue weighted by Gasteiger charge is -2.14. The summed E-state index contributed by atoms with van der Waals surface area (Å²) in [6, 6.07) is 29.7. The number of amides is 1. The van der Waals surface area contributed by atoms with E-state index in [-0.39, 0.29) is 5.69 Å². The predicted molar refractivity (Wildman–Crippen MR) is 188 cm³/mol. The first kappa shape index (κ1) is 34.3. The molecule has 51 heavy (non-hydrogen) atoms. The molecule has 4 aromatic carbocycles. The van der Waals surface area contributed by atoms with Crippen molar-refractivity contribution >= 4 is 39.9 Å². The monoisotopic (exact) mass is 686 g/mol. The van der Waals surface area contributed by atoms with Crippen molar-refractivity contribution in [1.29, 1.82) is 0 Å². The van der Waals surface area contributed by atoms with Crippen LogP contribution in [0.15, 0.2) is 120 Å². The number of nitrogens with zero attached hydrogens (tertiary/aromatic N) is 5. The molecule has 3 heterocycles. The molecule has 13 nitrogen and oxygen atoms in total. The molecule has 1 atom stereocenters. The molecule has 0 spiro atoms. The van der Waals surface area contributed by atoms with E-state index in [1.807, 2.05) is 89.8 Å². The third kappa shape index (κ3) is 8.00. The number of methoxy groups -OCH3 is 2. The lowest BCUT2D eigenvalue weighted by atomic mass is 10.1. The second-order valence-corrected chi connectivity index (χ2v) is 11.4. The first-order valence-electron chi connectivity index (χ1n) is 15.9. The fraction of sp³-hybridized carbons (Fsp3) is 0.158. The summed E-state index contributed by atoms with van der Waals surface area (Å²) in [6.07, 6.45) is 4.93. The Hall–Kier alpha value is -6.60. The van der Waals surface area contributed by atoms with Crippen molar-refractivity contribution in [1.82, 2.24) is 29.4 Å². The topological polar surface area (TPSA) is 164 Å². The van der Waals surface area contributed by atoms with Crippen molar-refractivity contribution in [2.45, 2.75) is 19.1 Å². The summed E-state index contributed by atoms with van der Waals surface area (Å²) in [6.45, 7) is 0.827. The minimum atomic E-state index is -1.08. The Morgan fingerprint density at radius 3 is 1.84 bits per heavy atom. The molecule has 0 fully saturated rings. The zero-order chi connectivity index (χ0) is 35.7. The van der Waals surface area contributed by atoms with Gasteiger partial charge in [0.1, 0.15) is 6.26 Å². The fourth-order valence-electron chi connectivity index (χ4n) is 5.35. The van der Waals surface area contributed by atoms with Gasteiger partial charge in [-0.15, -0.1) is 0 Å². The SMILES string of the molecule is COC(=O)C(CO)NC(=O)c1ccc(Cn2cnc3ccccc32)cc1.COC(=O)c1coc(-c2ccc(Cn3cnc4ccccc43)cc2)n1. The molecule has 0 radical (unpaired) electrons. The number of nitrogens with one attached hydrogen (secondary N) is 1. The number of hydrogen-bond donors (Lipinski definition) is 2. The van der Waals surface area contributed by atoms with Crippen LogP contribution >= 0.6 is 0 Å². The minimum Gasteiger partial charge on any atom is -0.467 e. The standard InChI is InChI=1S/C19H19N3O4.C19H15N3O3/c1-26-19(25)16(11-23)21-18(24)14-8-6-13(7-9-14)10-22-12-20-15-4-2-3-5-17(15)22;1-24-19(23)16-11-25-18(21-16)14-8-6-13(7-9-14)10-22-12-20-15-4-2-3-5-17(15)22/h2-9,12,16,23H,10-11H2,1H3,(H,21,24);2-9,11-12H,10H2,1H3. The third-order valence-electron chi connectivity index (χ3n) is 8.05. The third-order valence-corrected chi connectivity index (χ3v) is 8.05. The van der Waals surface area contributed by atoms with Crippen LogP contribution in [0.3, 0.4) is 0 Å². The zero-order valence-corrected chi connectivity index (χ0v) is 27.8. The number of ether oxygens (including phenoxy) is 2. The lowest BCUT2D eigenvalue weighted by molar-refractivity contribution is -0.143. The molecule has 0 aliphatic carbocycles. The number of carbonyl (C=O) groups is 3. The highest BCUT2D eigenvalue weighted by Gasteiger charge is 2.21. The van der Waals surface area contributed by atoms with Crippen LogP contribution in [-0.2, 0) is 27.4 Å². The molecule has 1 unspecified atom stereocenters. The summed E-state index contributed by atoms with van der Waals surface area (Å²) in [4.78, 5) is 48.0. The molecule has 0 bridgehead atoms. The van der Waals surface area contributed by atoms with E-state index in [1.54, 1.807) is 18.5 Å². The lowest BCUT2D eigenvalue weighted by Crippen LogP contribution is -2.44. The number of aliphatic hydroxyl groups is 1. The maximum absolute atomic E-state index is 12.2. The maximum Gasteiger partial charge on any atom is 0.360 e. The molecule has 7 rings (SSSR count). The Kier molecular flexibility index (Phi) is 10.6. The summed E-state index contributed by atoms with van der Waals surface area (Å²) in [5.74, 6) is -1.27. The normalized spacial score (nSPS) is 11.4. The maximum atomic E-state index is 12.2. The van der Waals surface area contributed by atoms with Gasteiger partial charge in [-0.05, 0) is 59.7 Å². The molecule has 258 valence electrons. The minimum absolute atomic E-state index is 0.159. The van der Waals surface area contributed by atoms with Gasteiger partial charge in [-0.1, -0.05) is 48.5 Å². The van der Waals surface area contributed by atoms with E-state index < -0.39 is 30.5 Å². The first-order valence-corrected chi connectivity index (χ1v) is 15.9. The molecule has 7 aromatic rings. The number of hydrogen-bond acceptors (Lipinski definition) is 10. The Morgan fingerprint density at radius 2 is 1.31 bits per heavy atom. The van der Waals surface area contributed by atoms with Gasteiger partial charge in [-0.2, -0.15) is 0 Å². The van der Waals surface area contributed by atoms with E-state index in [2.05, 4.69) is 40.4 Å². The van der Waals surface area contributed by atoms with Gasteiger partial charge in [0, 0.05) is 24.2 Å². The molecular weight excluding hydrogens is 652 g/mol. The van der Waals surface area contributed by atoms with Crippen molar-refractivity contribution < 1.29 is 33.4 Å². The van der Waals surface area contributed by atoms with Gasteiger partial charge in [-0.25, -0.2) is 24.5 Å². The first-order chi connectivity index (χ1) is 24.9. The van der Waals surface area contributed by atoms with Gasteiger partial charge in [0.25, 0.3) is 5.91 Å². The van der Waals surface area contributed by atoms with Crippen LogP contribution in [0.4, 0.5) is 0 Å². The van der Waals surface area contributed by atoms with Crippen LogP contribution in [0.5, 0.6) is 0 Å². The van der Waals surface area contributed by atoms with Crippen LogP contribution in [0.2, 0.25) is 0 Å². The summed E-state index contributed by atoms with van der Waals surface area (Å²) < 4.78 is 18.6. The van der Waals surface area contributed by atoms with Crippen molar-refractivity contribution in [3.05, 3.63) is 138 Å². The summed E-state index contributed by atoms with van der Waals surface area (Å²) in [5.41, 5.74) is 7.55. The van der Waals surface area contributed by atoms with Crippen molar-refractivity contribution in [3.63, 3.8) is 0 Å². The van der Waals surface area contributed by atoms with E-state index in [4.69, 9.17) is 4.42 Å². The number of aromatic nitrogens is 5. The van der Waals surface area contributed by atoms with Crippen LogP contribution in [0, 0.1) is 0 Å². The molecule has 13 heteroatoms. The summed E-state index contributed by atoms with van der Waals surface area (Å²) in [7, 11) is 2.51. The molecule has 3 aromatic heterocycles. The molecular formula is C38H34N6O7. The number of rotatable bonds is 10. The van der Waals surface area contributed by atoms with Crippen LogP contribution in [0.25, 0.3) is 33.5 Å². The quantitative estimate of drug-likeness (QED) is 0.190. The Labute approximate surface area is 292 Å². The highest BCUT2D eigenvalue weighted by Crippen LogP contribution is 2.21. The molecule has 0 saturated heterocycles. The smallest absolute Gasteiger partial charge is 0.360 e. The number of esters is 2. The molecule has 0 aliphatic heterocycles. The second kappa shape index (κ2) is 15.7. The number of carbonyl (C=O) groups excluding carboxylic acids is 3. The Bertz CT molecular complexity index is 2270. The van der Waals surface area contributed by atoms with Gasteiger partial charge < -0.3 is 33.4 Å². The van der Waals surface area contributed by atoms with Crippen LogP contribution < -0.4 is 5.32 Å². The molecule has 1 amide bonds. The number of benzene rings is 4. The van der Waals surface area contributed by atoms with Gasteiger partial charge in [-0.3, -0.25) is 4.79 Å².